The SMILES string of the molecule is Cc1cn(Cc2ncc(Cl)s2)nn1. The van der Waals surface area contributed by atoms with E-state index in [-0.39, 0.29) is 0 Å². The molecule has 2 aromatic heterocycles. The molecular formula is C7H7ClN4S. The minimum absolute atomic E-state index is 0.637. The topological polar surface area (TPSA) is 43.6 Å². The van der Waals surface area contributed by atoms with Crippen LogP contribution < -0.4 is 0 Å². The molecule has 0 aromatic carbocycles. The molecule has 6 heteroatoms. The lowest BCUT2D eigenvalue weighted by molar-refractivity contribution is 0.647. The monoisotopic (exact) mass is 214 g/mol. The Morgan fingerprint density at radius 3 is 3.00 bits per heavy atom. The van der Waals surface area contributed by atoms with Crippen LogP contribution in [0.2, 0.25) is 4.34 Å². The minimum atomic E-state index is 0.637. The maximum atomic E-state index is 5.74. The van der Waals surface area contributed by atoms with Gasteiger partial charge in [0, 0.05) is 6.20 Å². The van der Waals surface area contributed by atoms with Crippen molar-refractivity contribution in [1.82, 2.24) is 20.0 Å². The van der Waals surface area contributed by atoms with E-state index in [0.29, 0.717) is 10.9 Å². The molecule has 0 N–H and O–H groups in total. The first kappa shape index (κ1) is 8.65. The van der Waals surface area contributed by atoms with Crippen molar-refractivity contribution in [2.75, 3.05) is 0 Å². The number of thiazole rings is 1. The fourth-order valence-electron chi connectivity index (χ4n) is 0.972. The van der Waals surface area contributed by atoms with Crippen molar-refractivity contribution in [1.29, 1.82) is 0 Å². The minimum Gasteiger partial charge on any atom is -0.246 e. The number of hydrogen-bond donors (Lipinski definition) is 0. The van der Waals surface area contributed by atoms with Crippen molar-refractivity contribution in [3.8, 4) is 0 Å². The van der Waals surface area contributed by atoms with Gasteiger partial charge in [0.2, 0.25) is 0 Å². The standard InChI is InChI=1S/C7H7ClN4S/c1-5-3-12(11-10-5)4-7-9-2-6(8)13-7/h2-3H,4H2,1H3. The quantitative estimate of drug-likeness (QED) is 0.765. The molecule has 4 nitrogen and oxygen atoms in total. The van der Waals surface area contributed by atoms with Gasteiger partial charge in [0.25, 0.3) is 0 Å². The third-order valence-corrected chi connectivity index (χ3v) is 2.58. The van der Waals surface area contributed by atoms with Crippen LogP contribution in [0, 0.1) is 6.92 Å². The second-order valence-corrected chi connectivity index (χ2v) is 4.36. The molecular weight excluding hydrogens is 208 g/mol. The highest BCUT2D eigenvalue weighted by Crippen LogP contribution is 2.18. The number of aromatic nitrogens is 4. The van der Waals surface area contributed by atoms with Gasteiger partial charge < -0.3 is 0 Å². The molecule has 0 unspecified atom stereocenters. The Balaban J connectivity index is 2.14. The van der Waals surface area contributed by atoms with Crippen molar-refractivity contribution < 1.29 is 0 Å². The van der Waals surface area contributed by atoms with Gasteiger partial charge in [-0.15, -0.1) is 16.4 Å². The molecule has 0 spiro atoms. The van der Waals surface area contributed by atoms with Crippen LogP contribution in [0.25, 0.3) is 0 Å². The van der Waals surface area contributed by atoms with E-state index < -0.39 is 0 Å². The molecule has 0 aliphatic rings. The number of nitrogens with zero attached hydrogens (tertiary/aromatic N) is 4. The summed E-state index contributed by atoms with van der Waals surface area (Å²) < 4.78 is 2.44. The van der Waals surface area contributed by atoms with Crippen molar-refractivity contribution in [2.24, 2.45) is 0 Å². The molecule has 0 atom stereocenters. The predicted octanol–water partition coefficient (Wildman–Crippen LogP) is 1.74. The molecule has 0 fully saturated rings. The summed E-state index contributed by atoms with van der Waals surface area (Å²) in [4.78, 5) is 4.12. The smallest absolute Gasteiger partial charge is 0.116 e. The molecule has 68 valence electrons. The van der Waals surface area contributed by atoms with Gasteiger partial charge in [-0.3, -0.25) is 0 Å². The van der Waals surface area contributed by atoms with Gasteiger partial charge in [0.15, 0.2) is 0 Å². The number of halogens is 1. The van der Waals surface area contributed by atoms with Gasteiger partial charge in [-0.2, -0.15) is 0 Å². The van der Waals surface area contributed by atoms with Gasteiger partial charge in [0.1, 0.15) is 9.34 Å². The van der Waals surface area contributed by atoms with E-state index >= 15 is 0 Å². The summed E-state index contributed by atoms with van der Waals surface area (Å²) in [6.45, 7) is 2.54. The van der Waals surface area contributed by atoms with Gasteiger partial charge >= 0.3 is 0 Å². The van der Waals surface area contributed by atoms with Crippen LogP contribution in [0.1, 0.15) is 10.7 Å². The van der Waals surface area contributed by atoms with Crippen LogP contribution in [-0.2, 0) is 6.54 Å². The van der Waals surface area contributed by atoms with Crippen LogP contribution in [0.5, 0.6) is 0 Å². The van der Waals surface area contributed by atoms with E-state index in [0.717, 1.165) is 10.7 Å². The lowest BCUT2D eigenvalue weighted by Crippen LogP contribution is -1.99. The van der Waals surface area contributed by atoms with E-state index in [1.165, 1.54) is 11.3 Å². The van der Waals surface area contributed by atoms with Crippen LogP contribution in [0.15, 0.2) is 12.4 Å². The summed E-state index contributed by atoms with van der Waals surface area (Å²) in [5.74, 6) is 0. The molecule has 13 heavy (non-hydrogen) atoms. The Hall–Kier alpha value is -0.940. The highest BCUT2D eigenvalue weighted by Gasteiger charge is 2.02. The van der Waals surface area contributed by atoms with E-state index in [1.54, 1.807) is 10.9 Å². The first-order chi connectivity index (χ1) is 6.24. The molecule has 0 amide bonds. The molecule has 0 saturated heterocycles. The van der Waals surface area contributed by atoms with E-state index in [9.17, 15) is 0 Å². The predicted molar refractivity (Wildman–Crippen MR) is 51.0 cm³/mol. The molecule has 0 saturated carbocycles. The lowest BCUT2D eigenvalue weighted by Gasteiger charge is -1.93. The zero-order valence-corrected chi connectivity index (χ0v) is 8.51. The maximum absolute atomic E-state index is 5.74. The highest BCUT2D eigenvalue weighted by atomic mass is 35.5. The summed E-state index contributed by atoms with van der Waals surface area (Å²) in [6.07, 6.45) is 3.51. The second kappa shape index (κ2) is 3.43. The molecule has 2 heterocycles. The fourth-order valence-corrected chi connectivity index (χ4v) is 1.92. The third-order valence-electron chi connectivity index (χ3n) is 1.48. The Morgan fingerprint density at radius 2 is 2.46 bits per heavy atom. The summed E-state index contributed by atoms with van der Waals surface area (Å²) >= 11 is 7.20. The average molecular weight is 215 g/mol. The summed E-state index contributed by atoms with van der Waals surface area (Å²) in [5, 5.41) is 8.73. The van der Waals surface area contributed by atoms with Crippen LogP contribution in [0.3, 0.4) is 0 Å². The number of rotatable bonds is 2. The highest BCUT2D eigenvalue weighted by molar-refractivity contribution is 7.15. The van der Waals surface area contributed by atoms with E-state index in [4.69, 9.17) is 11.6 Å². The van der Waals surface area contributed by atoms with Crippen molar-refractivity contribution >= 4 is 22.9 Å². The van der Waals surface area contributed by atoms with Gasteiger partial charge in [-0.25, -0.2) is 9.67 Å². The average Bonchev–Trinajstić information content (AvgIpc) is 2.62. The molecule has 0 radical (unpaired) electrons. The zero-order valence-electron chi connectivity index (χ0n) is 6.94. The molecule has 2 rings (SSSR count). The summed E-state index contributed by atoms with van der Waals surface area (Å²) in [6, 6.07) is 0. The third kappa shape index (κ3) is 2.05. The van der Waals surface area contributed by atoms with Gasteiger partial charge in [-0.05, 0) is 6.92 Å². The molecule has 2 aromatic rings. The molecule has 0 aliphatic heterocycles. The normalized spacial score (nSPS) is 10.6. The van der Waals surface area contributed by atoms with Crippen molar-refractivity contribution in [3.05, 3.63) is 27.4 Å². The zero-order chi connectivity index (χ0) is 9.26. The number of aryl methyl sites for hydroxylation is 1. The number of hydrogen-bond acceptors (Lipinski definition) is 4. The Kier molecular flexibility index (Phi) is 2.28. The van der Waals surface area contributed by atoms with Crippen LogP contribution >= 0.6 is 22.9 Å². The first-order valence-corrected chi connectivity index (χ1v) is 4.90. The van der Waals surface area contributed by atoms with E-state index in [2.05, 4.69) is 15.3 Å². The van der Waals surface area contributed by atoms with Gasteiger partial charge in [-0.1, -0.05) is 16.8 Å². The lowest BCUT2D eigenvalue weighted by atomic mass is 10.5. The Labute approximate surface area is 84.2 Å². The Bertz CT molecular complexity index is 370. The summed E-state index contributed by atoms with van der Waals surface area (Å²) in [5.41, 5.74) is 0.905. The fraction of sp³-hybridized carbons (Fsp3) is 0.286. The first-order valence-electron chi connectivity index (χ1n) is 3.71. The van der Waals surface area contributed by atoms with Crippen LogP contribution in [0.4, 0.5) is 0 Å². The second-order valence-electron chi connectivity index (χ2n) is 2.62. The van der Waals surface area contributed by atoms with Crippen molar-refractivity contribution in [3.63, 3.8) is 0 Å². The maximum Gasteiger partial charge on any atom is 0.116 e. The molecule has 0 bridgehead atoms. The van der Waals surface area contributed by atoms with Gasteiger partial charge in [0.05, 0.1) is 18.4 Å². The largest absolute Gasteiger partial charge is 0.246 e. The van der Waals surface area contributed by atoms with Crippen LogP contribution in [-0.4, -0.2) is 20.0 Å². The Morgan fingerprint density at radius 1 is 1.62 bits per heavy atom. The summed E-state index contributed by atoms with van der Waals surface area (Å²) in [7, 11) is 0. The molecule has 0 aliphatic carbocycles. The van der Waals surface area contributed by atoms with Crippen molar-refractivity contribution in [2.45, 2.75) is 13.5 Å². The van der Waals surface area contributed by atoms with E-state index in [1.807, 2.05) is 13.1 Å².